The summed E-state index contributed by atoms with van der Waals surface area (Å²) < 4.78 is 5.33. The smallest absolute Gasteiger partial charge is 0.303 e. The van der Waals surface area contributed by atoms with Gasteiger partial charge in [-0.25, -0.2) is 0 Å². The molecule has 2 rings (SSSR count). The Morgan fingerprint density at radius 3 is 2.76 bits per heavy atom. The zero-order valence-corrected chi connectivity index (χ0v) is 11.5. The fraction of sp³-hybridized carbons (Fsp3) is 0.800. The first-order chi connectivity index (χ1) is 7.93. The standard InChI is InChI=1S/C15H24O2/c1-10-5-6-13-9-14(17-12(3)16)7-8-15(13,4)11(10)2/h9-11,14H,5-8H2,1-4H3/t10-,11+,14-,15+/m0/s1. The van der Waals surface area contributed by atoms with Gasteiger partial charge in [0.15, 0.2) is 0 Å². The van der Waals surface area contributed by atoms with E-state index in [2.05, 4.69) is 26.8 Å². The van der Waals surface area contributed by atoms with Crippen LogP contribution in [0.3, 0.4) is 0 Å². The molecule has 0 aliphatic heterocycles. The molecule has 96 valence electrons. The summed E-state index contributed by atoms with van der Waals surface area (Å²) in [6.45, 7) is 8.63. The molecule has 0 saturated heterocycles. The second-order valence-electron chi connectivity index (χ2n) is 6.10. The van der Waals surface area contributed by atoms with E-state index >= 15 is 0 Å². The first-order valence-corrected chi connectivity index (χ1v) is 6.82. The quantitative estimate of drug-likeness (QED) is 0.512. The van der Waals surface area contributed by atoms with Crippen molar-refractivity contribution in [1.29, 1.82) is 0 Å². The van der Waals surface area contributed by atoms with Crippen molar-refractivity contribution in [3.05, 3.63) is 11.6 Å². The second-order valence-corrected chi connectivity index (χ2v) is 6.10. The first kappa shape index (κ1) is 12.7. The number of carbonyl (C=O) groups excluding carboxylic acids is 1. The van der Waals surface area contributed by atoms with E-state index in [1.165, 1.54) is 25.3 Å². The van der Waals surface area contributed by atoms with E-state index < -0.39 is 0 Å². The van der Waals surface area contributed by atoms with E-state index in [9.17, 15) is 4.79 Å². The highest BCUT2D eigenvalue weighted by atomic mass is 16.5. The van der Waals surface area contributed by atoms with Gasteiger partial charge in [-0.15, -0.1) is 0 Å². The number of hydrogen-bond donors (Lipinski definition) is 0. The third-order valence-electron chi connectivity index (χ3n) is 5.11. The van der Waals surface area contributed by atoms with Crippen molar-refractivity contribution in [2.45, 2.75) is 59.5 Å². The highest BCUT2D eigenvalue weighted by molar-refractivity contribution is 5.66. The molecule has 2 heteroatoms. The van der Waals surface area contributed by atoms with Crippen LogP contribution in [0.15, 0.2) is 11.6 Å². The molecule has 1 saturated carbocycles. The molecule has 0 aromatic rings. The van der Waals surface area contributed by atoms with Crippen LogP contribution in [0.4, 0.5) is 0 Å². The molecule has 0 N–H and O–H groups in total. The van der Waals surface area contributed by atoms with Crippen molar-refractivity contribution >= 4 is 5.97 Å². The Labute approximate surface area is 104 Å². The maximum atomic E-state index is 11.0. The molecule has 2 nitrogen and oxygen atoms in total. The predicted molar refractivity (Wildman–Crippen MR) is 68.5 cm³/mol. The van der Waals surface area contributed by atoms with Gasteiger partial charge in [-0.3, -0.25) is 4.79 Å². The summed E-state index contributed by atoms with van der Waals surface area (Å²) in [6.07, 6.45) is 6.85. The molecule has 4 atom stereocenters. The molecule has 2 aliphatic rings. The van der Waals surface area contributed by atoms with Crippen molar-refractivity contribution in [3.8, 4) is 0 Å². The van der Waals surface area contributed by atoms with Crippen LogP contribution < -0.4 is 0 Å². The number of allylic oxidation sites excluding steroid dienone is 1. The van der Waals surface area contributed by atoms with Crippen LogP contribution in [0.5, 0.6) is 0 Å². The van der Waals surface area contributed by atoms with Gasteiger partial charge in [-0.05, 0) is 49.0 Å². The van der Waals surface area contributed by atoms with Crippen molar-refractivity contribution in [2.24, 2.45) is 17.3 Å². The second kappa shape index (κ2) is 4.47. The number of ether oxygens (including phenoxy) is 1. The van der Waals surface area contributed by atoms with Gasteiger partial charge in [0.25, 0.3) is 0 Å². The third kappa shape index (κ3) is 2.27. The summed E-state index contributed by atoms with van der Waals surface area (Å²) in [5.41, 5.74) is 1.87. The SMILES string of the molecule is CC(=O)O[C@@H]1C=C2CC[C@H](C)[C@@H](C)[C@@]2(C)CC1. The summed E-state index contributed by atoms with van der Waals surface area (Å²) in [7, 11) is 0. The number of rotatable bonds is 1. The molecule has 0 radical (unpaired) electrons. The van der Waals surface area contributed by atoms with Gasteiger partial charge in [0.2, 0.25) is 0 Å². The molecule has 0 amide bonds. The largest absolute Gasteiger partial charge is 0.458 e. The number of hydrogen-bond acceptors (Lipinski definition) is 2. The topological polar surface area (TPSA) is 26.3 Å². The maximum absolute atomic E-state index is 11.0. The monoisotopic (exact) mass is 236 g/mol. The van der Waals surface area contributed by atoms with E-state index in [1.54, 1.807) is 0 Å². The Balaban J connectivity index is 2.19. The fourth-order valence-corrected chi connectivity index (χ4v) is 3.56. The third-order valence-corrected chi connectivity index (χ3v) is 5.11. The Kier molecular flexibility index (Phi) is 3.33. The minimum Gasteiger partial charge on any atom is -0.458 e. The fourth-order valence-electron chi connectivity index (χ4n) is 3.56. The van der Waals surface area contributed by atoms with Crippen molar-refractivity contribution in [2.75, 3.05) is 0 Å². The Hall–Kier alpha value is -0.790. The number of carbonyl (C=O) groups is 1. The molecule has 0 aromatic heterocycles. The Bertz CT molecular complexity index is 345. The molecule has 0 aromatic carbocycles. The van der Waals surface area contributed by atoms with E-state index in [4.69, 9.17) is 4.74 Å². The normalized spacial score (nSPS) is 41.4. The van der Waals surface area contributed by atoms with Gasteiger partial charge in [0.05, 0.1) is 0 Å². The lowest BCUT2D eigenvalue weighted by Crippen LogP contribution is -2.40. The molecule has 0 bridgehead atoms. The molecule has 1 fully saturated rings. The molecule has 17 heavy (non-hydrogen) atoms. The molecular formula is C15H24O2. The zero-order valence-electron chi connectivity index (χ0n) is 11.5. The molecule has 0 heterocycles. The lowest BCUT2D eigenvalue weighted by Gasteiger charge is -2.48. The first-order valence-electron chi connectivity index (χ1n) is 6.82. The van der Waals surface area contributed by atoms with Crippen molar-refractivity contribution in [3.63, 3.8) is 0 Å². The van der Waals surface area contributed by atoms with Crippen molar-refractivity contribution < 1.29 is 9.53 Å². The van der Waals surface area contributed by atoms with Crippen LogP contribution in [-0.2, 0) is 9.53 Å². The Morgan fingerprint density at radius 1 is 1.41 bits per heavy atom. The van der Waals surface area contributed by atoms with Gasteiger partial charge < -0.3 is 4.74 Å². The number of esters is 1. The minimum atomic E-state index is -0.160. The molecule has 2 aliphatic carbocycles. The van der Waals surface area contributed by atoms with Gasteiger partial charge in [0.1, 0.15) is 6.10 Å². The maximum Gasteiger partial charge on any atom is 0.303 e. The lowest BCUT2D eigenvalue weighted by molar-refractivity contribution is -0.145. The average molecular weight is 236 g/mol. The number of fused-ring (bicyclic) bond motifs is 1. The Morgan fingerprint density at radius 2 is 2.12 bits per heavy atom. The summed E-state index contributed by atoms with van der Waals surface area (Å²) in [5, 5.41) is 0. The van der Waals surface area contributed by atoms with Crippen LogP contribution in [0, 0.1) is 17.3 Å². The van der Waals surface area contributed by atoms with Crippen LogP contribution in [0.2, 0.25) is 0 Å². The van der Waals surface area contributed by atoms with E-state index in [-0.39, 0.29) is 12.1 Å². The molecule has 0 unspecified atom stereocenters. The van der Waals surface area contributed by atoms with E-state index in [0.29, 0.717) is 5.41 Å². The van der Waals surface area contributed by atoms with Crippen molar-refractivity contribution in [1.82, 2.24) is 0 Å². The van der Waals surface area contributed by atoms with Crippen LogP contribution >= 0.6 is 0 Å². The highest BCUT2D eigenvalue weighted by Crippen LogP contribution is 2.52. The van der Waals surface area contributed by atoms with Gasteiger partial charge >= 0.3 is 5.97 Å². The lowest BCUT2D eigenvalue weighted by atomic mass is 9.57. The predicted octanol–water partition coefficient (Wildman–Crippen LogP) is 3.71. The van der Waals surface area contributed by atoms with Crippen LogP contribution in [-0.4, -0.2) is 12.1 Å². The summed E-state index contributed by atoms with van der Waals surface area (Å²) >= 11 is 0. The summed E-state index contributed by atoms with van der Waals surface area (Å²) in [5.74, 6) is 1.39. The van der Waals surface area contributed by atoms with Gasteiger partial charge in [-0.2, -0.15) is 0 Å². The van der Waals surface area contributed by atoms with Crippen LogP contribution in [0.1, 0.15) is 53.4 Å². The van der Waals surface area contributed by atoms with E-state index in [0.717, 1.165) is 24.7 Å². The summed E-state index contributed by atoms with van der Waals surface area (Å²) in [4.78, 5) is 11.0. The van der Waals surface area contributed by atoms with Gasteiger partial charge in [0, 0.05) is 6.92 Å². The van der Waals surface area contributed by atoms with Crippen LogP contribution in [0.25, 0.3) is 0 Å². The minimum absolute atomic E-state index is 0.0242. The molecular weight excluding hydrogens is 212 g/mol. The molecule has 0 spiro atoms. The highest BCUT2D eigenvalue weighted by Gasteiger charge is 2.43. The van der Waals surface area contributed by atoms with Gasteiger partial charge in [-0.1, -0.05) is 26.3 Å². The van der Waals surface area contributed by atoms with E-state index in [1.807, 2.05) is 0 Å². The average Bonchev–Trinajstić information content (AvgIpc) is 2.26. The zero-order chi connectivity index (χ0) is 12.6. The summed E-state index contributed by atoms with van der Waals surface area (Å²) in [6, 6.07) is 0.